The Morgan fingerprint density at radius 1 is 0.537 bits per heavy atom. The van der Waals surface area contributed by atoms with Crippen molar-refractivity contribution < 1.29 is 270 Å². The number of rotatable bonds is 16. The minimum atomic E-state index is -5.75. The molecule has 0 radical (unpaired) electrons. The standard InChI is InChI=1S/C26H19N5O26S5.5Na/c32-12(7-58-55-52-43)29-19(17-21(37)27(5-15(35)59-56-53-44)25(41)28(22(17)38)6-16(36)60-57-54-45)10-3-1-2-4-11(10)20(29)18-23(39)30(13(33)8-61(46,47)48)26(42)31(24(18)40)14(34)9-62(49,50)51;;;;;/h1-4,43-45H,5-9H2,(H,46,47,48)(H,49,50,51);;;;;/q;5*+1/p-5. The first kappa shape index (κ1) is 68.7. The Balaban J connectivity index is 0. The Morgan fingerprint density at radius 2 is 0.896 bits per heavy atom. The van der Waals surface area contributed by atoms with Gasteiger partial charge in [-0.25, -0.2) is 26.4 Å². The average molecular weight is 1090 g/mol. The summed E-state index contributed by atoms with van der Waals surface area (Å²) in [7, 11) is -11.5. The Labute approximate surface area is 494 Å². The summed E-state index contributed by atoms with van der Waals surface area (Å²) in [6.07, 6.45) is 0. The van der Waals surface area contributed by atoms with E-state index < -0.39 is 181 Å². The number of imide groups is 8. The minimum Gasteiger partial charge on any atom is -0.748 e. The molecule has 2 fully saturated rings. The molecule has 1 aromatic heterocycles. The number of hydrogen-bond acceptors (Lipinski definition) is 29. The number of carbonyl (C=O) groups excluding carboxylic acids is 11. The van der Waals surface area contributed by atoms with Gasteiger partial charge in [-0.15, -0.1) is 0 Å². The van der Waals surface area contributed by atoms with Gasteiger partial charge in [0.2, 0.25) is 16.1 Å². The van der Waals surface area contributed by atoms with E-state index in [-0.39, 0.29) is 174 Å². The summed E-state index contributed by atoms with van der Waals surface area (Å²) < 4.78 is 80.9. The summed E-state index contributed by atoms with van der Waals surface area (Å²) in [6, 6.07) is -0.346. The van der Waals surface area contributed by atoms with Crippen LogP contribution in [-0.4, -0.2) is 144 Å². The number of urea groups is 2. The molecule has 0 unspecified atom stereocenters. The van der Waals surface area contributed by atoms with Crippen molar-refractivity contribution in [2.45, 2.75) is 0 Å². The van der Waals surface area contributed by atoms with Crippen molar-refractivity contribution in [2.75, 3.05) is 30.3 Å². The molecule has 334 valence electrons. The maximum Gasteiger partial charge on any atom is 1.00 e. The monoisotopic (exact) mass is 1090 g/mol. The number of barbiturate groups is 2. The van der Waals surface area contributed by atoms with E-state index in [0.717, 1.165) is 24.3 Å². The van der Waals surface area contributed by atoms with Crippen LogP contribution in [0.5, 0.6) is 0 Å². The first-order chi connectivity index (χ1) is 29.0. The summed E-state index contributed by atoms with van der Waals surface area (Å²) in [5, 5.41) is 33.7. The summed E-state index contributed by atoms with van der Waals surface area (Å²) in [4.78, 5) is 147. The Bertz CT molecular complexity index is 2590. The Kier molecular flexibility index (Phi) is 30.7. The molecular weight excluding hydrogens is 1070 g/mol. The van der Waals surface area contributed by atoms with Gasteiger partial charge in [0.25, 0.3) is 35.4 Å². The van der Waals surface area contributed by atoms with Gasteiger partial charge in [0.05, 0.1) is 10.7 Å². The van der Waals surface area contributed by atoms with E-state index in [9.17, 15) is 94.5 Å². The van der Waals surface area contributed by atoms with Crippen LogP contribution in [0.4, 0.5) is 9.59 Å². The van der Waals surface area contributed by atoms with Crippen molar-refractivity contribution in [3.63, 3.8) is 0 Å². The maximum atomic E-state index is 14.2. The SMILES string of the molecule is O=C(CN1C(=O)C(=c2c3ccccc3c(=C3C(=O)N(C(=O)CS(=O)(=O)[O-])C(=O)N(C(=O)CS(=O)(=O)[O-])C3=O)n2C(=O)CSOO[O-])C(=O)N(CC(=O)SOO[O-])C1=O)SOO[O-].[Na+].[Na+].[Na+].[Na+].[Na+]. The third-order valence-corrected chi connectivity index (χ3v) is 10.0. The van der Waals surface area contributed by atoms with Crippen LogP contribution in [0.3, 0.4) is 0 Å². The van der Waals surface area contributed by atoms with Crippen molar-refractivity contribution >= 4 is 142 Å². The molecule has 10 amide bonds. The van der Waals surface area contributed by atoms with Crippen molar-refractivity contribution in [1.82, 2.24) is 24.2 Å². The second kappa shape index (κ2) is 29.9. The molecule has 41 heteroatoms. The van der Waals surface area contributed by atoms with E-state index >= 15 is 0 Å². The van der Waals surface area contributed by atoms with Crippen LogP contribution < -0.4 is 174 Å². The first-order valence-corrected chi connectivity index (χ1v) is 20.7. The molecule has 2 aliphatic heterocycles. The van der Waals surface area contributed by atoms with Crippen LogP contribution in [0, 0.1) is 0 Å². The summed E-state index contributed by atoms with van der Waals surface area (Å²) in [6.45, 7) is -2.94. The molecule has 0 spiro atoms. The molecule has 0 atom stereocenters. The smallest absolute Gasteiger partial charge is 0.748 e. The molecule has 0 saturated carbocycles. The van der Waals surface area contributed by atoms with Gasteiger partial charge < -0.3 is 24.9 Å². The fourth-order valence-corrected chi connectivity index (χ4v) is 7.14. The average Bonchev–Trinajstić information content (AvgIpc) is 3.49. The van der Waals surface area contributed by atoms with Gasteiger partial charge in [-0.2, -0.15) is 22.8 Å². The minimum absolute atomic E-state index is 0. The predicted molar refractivity (Wildman–Crippen MR) is 180 cm³/mol. The fourth-order valence-electron chi connectivity index (χ4n) is 5.39. The number of carbonyl (C=O) groups is 11. The molecule has 2 saturated heterocycles. The second-order valence-electron chi connectivity index (χ2n) is 11.1. The molecule has 0 N–H and O–H groups in total. The van der Waals surface area contributed by atoms with E-state index in [1.165, 1.54) is 0 Å². The van der Waals surface area contributed by atoms with Crippen molar-refractivity contribution in [1.29, 1.82) is 0 Å². The van der Waals surface area contributed by atoms with Gasteiger partial charge in [-0.3, -0.25) is 72.6 Å². The van der Waals surface area contributed by atoms with Gasteiger partial charge in [0.15, 0.2) is 0 Å². The quantitative estimate of drug-likeness (QED) is 0.0376. The molecule has 4 rings (SSSR count). The zero-order valence-electron chi connectivity index (χ0n) is 34.2. The Hall–Kier alpha value is -0.420. The number of fused-ring (bicyclic) bond motifs is 1. The maximum absolute atomic E-state index is 14.2. The summed E-state index contributed by atoms with van der Waals surface area (Å²) in [5.41, 5.74) is -3.25. The molecule has 31 nitrogen and oxygen atoms in total. The molecule has 2 aliphatic rings. The van der Waals surface area contributed by atoms with E-state index in [0.29, 0.717) is 0 Å². The van der Waals surface area contributed by atoms with Gasteiger partial charge in [-0.05, 0) is 0 Å². The molecule has 3 heterocycles. The molecular formula is C26H14N5Na5O26S5. The van der Waals surface area contributed by atoms with Crippen LogP contribution in [0.25, 0.3) is 21.9 Å². The van der Waals surface area contributed by atoms with E-state index in [1.54, 1.807) is 0 Å². The normalized spacial score (nSPS) is 14.2. The third-order valence-electron chi connectivity index (χ3n) is 7.45. The van der Waals surface area contributed by atoms with E-state index in [4.69, 9.17) is 0 Å². The zero-order chi connectivity index (χ0) is 46.4. The van der Waals surface area contributed by atoms with Gasteiger partial charge in [0.1, 0.15) is 85.8 Å². The third kappa shape index (κ3) is 16.8. The summed E-state index contributed by atoms with van der Waals surface area (Å²) in [5.74, 6) is -20.4. The number of aromatic nitrogens is 1. The molecule has 67 heavy (non-hydrogen) atoms. The van der Waals surface area contributed by atoms with Crippen LogP contribution in [0.1, 0.15) is 4.79 Å². The molecule has 0 aliphatic carbocycles. The topological polar surface area (TPSA) is 445 Å². The molecule has 2 aromatic rings. The number of nitrogens with zero attached hydrogens (tertiary/aromatic N) is 5. The molecule has 0 bridgehead atoms. The predicted octanol–water partition coefficient (Wildman–Crippen LogP) is -23.0. The van der Waals surface area contributed by atoms with Gasteiger partial charge in [0, 0.05) is 22.8 Å². The van der Waals surface area contributed by atoms with Crippen LogP contribution in [-0.2, 0) is 86.7 Å². The van der Waals surface area contributed by atoms with Crippen molar-refractivity contribution in [3.05, 3.63) is 35.0 Å². The largest absolute Gasteiger partial charge is 1.00 e. The van der Waals surface area contributed by atoms with Gasteiger partial charge >= 0.3 is 160 Å². The summed E-state index contributed by atoms with van der Waals surface area (Å²) >= 11 is -1.02. The van der Waals surface area contributed by atoms with Crippen molar-refractivity contribution in [2.24, 2.45) is 0 Å². The first-order valence-electron chi connectivity index (χ1n) is 15.2. The van der Waals surface area contributed by atoms with Gasteiger partial charge in [-0.1, -0.05) is 24.3 Å². The number of benzene rings is 1. The van der Waals surface area contributed by atoms with Crippen LogP contribution in [0.15, 0.2) is 24.3 Å². The number of amides is 10. The van der Waals surface area contributed by atoms with Crippen molar-refractivity contribution in [3.8, 4) is 0 Å². The molecule has 1 aromatic carbocycles. The van der Waals surface area contributed by atoms with Crippen LogP contribution in [0.2, 0.25) is 0 Å². The number of hydrogen-bond donors (Lipinski definition) is 0. The van der Waals surface area contributed by atoms with E-state index in [1.807, 2.05) is 0 Å². The van der Waals surface area contributed by atoms with Crippen LogP contribution >= 0.6 is 36.1 Å². The zero-order valence-corrected chi connectivity index (χ0v) is 48.3. The fraction of sp³-hybridized carbons (Fsp3) is 0.192. The second-order valence-corrected chi connectivity index (χ2v) is 16.1. The van der Waals surface area contributed by atoms with E-state index in [2.05, 4.69) is 28.1 Å². The Morgan fingerprint density at radius 3 is 1.24 bits per heavy atom.